The van der Waals surface area contributed by atoms with Crippen molar-refractivity contribution in [3.63, 3.8) is 0 Å². The van der Waals surface area contributed by atoms with Crippen LogP contribution in [0.15, 0.2) is 76.7 Å². The number of furan rings is 1. The Morgan fingerprint density at radius 3 is 2.50 bits per heavy atom. The Morgan fingerprint density at radius 2 is 1.83 bits per heavy atom. The third kappa shape index (κ3) is 5.42. The van der Waals surface area contributed by atoms with Crippen LogP contribution in [0.4, 0.5) is 5.69 Å². The molecule has 2 aromatic carbocycles. The largest absolute Gasteiger partial charge is 0.457 e. The first-order chi connectivity index (χ1) is 14.6. The number of non-ortho nitro benzene ring substituents is 1. The molecule has 3 rings (SSSR count). The molecule has 0 fully saturated rings. The minimum absolute atomic E-state index is 0.0128. The van der Waals surface area contributed by atoms with Crippen LogP contribution in [0.2, 0.25) is 0 Å². The van der Waals surface area contributed by atoms with Crippen molar-refractivity contribution in [2.24, 2.45) is 0 Å². The van der Waals surface area contributed by atoms with Crippen molar-refractivity contribution in [1.29, 1.82) is 5.26 Å². The number of nitrogens with one attached hydrogen (secondary N) is 1. The number of hydrogen-bond donors (Lipinski definition) is 1. The van der Waals surface area contributed by atoms with E-state index in [0.717, 1.165) is 12.8 Å². The molecule has 1 amide bonds. The predicted octanol–water partition coefficient (Wildman–Crippen LogP) is 4.51. The lowest BCUT2D eigenvalue weighted by atomic mass is 10.1. The number of amides is 1. The molecule has 0 saturated carbocycles. The Kier molecular flexibility index (Phi) is 6.74. The lowest BCUT2D eigenvalue weighted by Crippen LogP contribution is -2.25. The molecule has 0 saturated heterocycles. The molecule has 0 radical (unpaired) electrons. The maximum Gasteiger partial charge on any atom is 0.269 e. The first-order valence-corrected chi connectivity index (χ1v) is 9.35. The number of carbonyl (C=O) groups excluding carboxylic acids is 1. The molecule has 0 bridgehead atoms. The molecule has 0 aliphatic carbocycles. The number of hydrogen-bond acceptors (Lipinski definition) is 5. The topological polar surface area (TPSA) is 109 Å². The molecule has 1 N–H and O–H groups in total. The van der Waals surface area contributed by atoms with Gasteiger partial charge in [0.05, 0.1) is 4.92 Å². The average Bonchev–Trinajstić information content (AvgIpc) is 3.24. The van der Waals surface area contributed by atoms with Gasteiger partial charge >= 0.3 is 0 Å². The van der Waals surface area contributed by atoms with Gasteiger partial charge in [0.25, 0.3) is 11.6 Å². The highest BCUT2D eigenvalue weighted by molar-refractivity contribution is 6.01. The second-order valence-electron chi connectivity index (χ2n) is 6.52. The second-order valence-corrected chi connectivity index (χ2v) is 6.52. The lowest BCUT2D eigenvalue weighted by molar-refractivity contribution is -0.384. The van der Waals surface area contributed by atoms with Crippen LogP contribution in [0.25, 0.3) is 17.4 Å². The van der Waals surface area contributed by atoms with Crippen LogP contribution < -0.4 is 5.32 Å². The summed E-state index contributed by atoms with van der Waals surface area (Å²) in [5.74, 6) is 0.370. The van der Waals surface area contributed by atoms with E-state index >= 15 is 0 Å². The summed E-state index contributed by atoms with van der Waals surface area (Å²) in [4.78, 5) is 22.5. The quantitative estimate of drug-likeness (QED) is 0.196. The third-order valence-electron chi connectivity index (χ3n) is 4.41. The third-order valence-corrected chi connectivity index (χ3v) is 4.41. The second kappa shape index (κ2) is 9.85. The average molecular weight is 401 g/mol. The van der Waals surface area contributed by atoms with Crippen molar-refractivity contribution in [2.45, 2.75) is 12.8 Å². The molecule has 0 unspecified atom stereocenters. The van der Waals surface area contributed by atoms with Crippen LogP contribution in [-0.2, 0) is 11.2 Å². The summed E-state index contributed by atoms with van der Waals surface area (Å²) in [5, 5.41) is 22.8. The normalized spacial score (nSPS) is 11.0. The standard InChI is InChI=1S/C23H19N3O4/c24-16-19(23(27)25-14-4-7-17-5-2-1-3-6-17)15-21-12-13-22(30-21)18-8-10-20(11-9-18)26(28)29/h1-3,5-6,8-13,15H,4,7,14H2,(H,25,27)/b19-15+. The number of nitro benzene ring substituents is 1. The molecule has 7 nitrogen and oxygen atoms in total. The molecule has 1 heterocycles. The molecular formula is C23H19N3O4. The first kappa shape index (κ1) is 20.6. The predicted molar refractivity (Wildman–Crippen MR) is 112 cm³/mol. The number of nitrogens with zero attached hydrogens (tertiary/aromatic N) is 2. The zero-order valence-electron chi connectivity index (χ0n) is 16.1. The van der Waals surface area contributed by atoms with E-state index in [0.29, 0.717) is 23.6 Å². The Morgan fingerprint density at radius 1 is 1.10 bits per heavy atom. The van der Waals surface area contributed by atoms with Gasteiger partial charge in [0, 0.05) is 30.3 Å². The number of carbonyl (C=O) groups is 1. The van der Waals surface area contributed by atoms with E-state index in [-0.39, 0.29) is 11.3 Å². The van der Waals surface area contributed by atoms with Crippen LogP contribution in [-0.4, -0.2) is 17.4 Å². The van der Waals surface area contributed by atoms with E-state index in [1.165, 1.54) is 23.8 Å². The van der Waals surface area contributed by atoms with E-state index in [2.05, 4.69) is 5.32 Å². The summed E-state index contributed by atoms with van der Waals surface area (Å²) in [6.45, 7) is 0.457. The smallest absolute Gasteiger partial charge is 0.269 e. The highest BCUT2D eigenvalue weighted by atomic mass is 16.6. The summed E-state index contributed by atoms with van der Waals surface area (Å²) < 4.78 is 5.66. The lowest BCUT2D eigenvalue weighted by Gasteiger charge is -2.04. The van der Waals surface area contributed by atoms with Crippen molar-refractivity contribution in [2.75, 3.05) is 6.54 Å². The summed E-state index contributed by atoms with van der Waals surface area (Å²) in [7, 11) is 0. The van der Waals surface area contributed by atoms with Gasteiger partial charge in [-0.3, -0.25) is 14.9 Å². The molecule has 7 heteroatoms. The van der Waals surface area contributed by atoms with E-state index in [1.54, 1.807) is 24.3 Å². The van der Waals surface area contributed by atoms with Crippen molar-refractivity contribution in [3.05, 3.63) is 93.7 Å². The molecule has 150 valence electrons. The molecular weight excluding hydrogens is 382 g/mol. The number of benzene rings is 2. The van der Waals surface area contributed by atoms with Gasteiger partial charge in [0.1, 0.15) is 23.2 Å². The minimum atomic E-state index is -0.474. The zero-order chi connectivity index (χ0) is 21.3. The van der Waals surface area contributed by atoms with E-state index < -0.39 is 10.8 Å². The summed E-state index contributed by atoms with van der Waals surface area (Å²) in [5.41, 5.74) is 1.78. The van der Waals surface area contributed by atoms with Crippen molar-refractivity contribution >= 4 is 17.7 Å². The van der Waals surface area contributed by atoms with E-state index in [1.807, 2.05) is 36.4 Å². The Labute approximate surface area is 173 Å². The van der Waals surface area contributed by atoms with Crippen LogP contribution in [0.1, 0.15) is 17.7 Å². The van der Waals surface area contributed by atoms with Gasteiger partial charge in [-0.25, -0.2) is 0 Å². The fraction of sp³-hybridized carbons (Fsp3) is 0.130. The molecule has 1 aromatic heterocycles. The van der Waals surface area contributed by atoms with Crippen LogP contribution in [0, 0.1) is 21.4 Å². The number of nitro groups is 1. The molecule has 0 aliphatic heterocycles. The van der Waals surface area contributed by atoms with Crippen molar-refractivity contribution in [3.8, 4) is 17.4 Å². The van der Waals surface area contributed by atoms with Gasteiger partial charge < -0.3 is 9.73 Å². The Balaban J connectivity index is 1.59. The molecule has 3 aromatic rings. The molecule has 30 heavy (non-hydrogen) atoms. The van der Waals surface area contributed by atoms with Gasteiger partial charge in [0.2, 0.25) is 0 Å². The van der Waals surface area contributed by atoms with Gasteiger partial charge in [-0.2, -0.15) is 5.26 Å². The van der Waals surface area contributed by atoms with Gasteiger partial charge in [0.15, 0.2) is 0 Å². The minimum Gasteiger partial charge on any atom is -0.457 e. The monoisotopic (exact) mass is 401 g/mol. The maximum absolute atomic E-state index is 12.3. The van der Waals surface area contributed by atoms with Gasteiger partial charge in [-0.05, 0) is 42.7 Å². The molecule has 0 atom stereocenters. The van der Waals surface area contributed by atoms with E-state index in [9.17, 15) is 20.2 Å². The number of nitriles is 1. The highest BCUT2D eigenvalue weighted by Gasteiger charge is 2.11. The summed E-state index contributed by atoms with van der Waals surface area (Å²) in [6, 6.07) is 21.1. The highest BCUT2D eigenvalue weighted by Crippen LogP contribution is 2.25. The van der Waals surface area contributed by atoms with E-state index in [4.69, 9.17) is 4.42 Å². The molecule has 0 spiro atoms. The maximum atomic E-state index is 12.3. The number of aryl methyl sites for hydroxylation is 1. The van der Waals surface area contributed by atoms with Crippen LogP contribution in [0.3, 0.4) is 0 Å². The zero-order valence-corrected chi connectivity index (χ0v) is 16.1. The van der Waals surface area contributed by atoms with Gasteiger partial charge in [-0.1, -0.05) is 30.3 Å². The van der Waals surface area contributed by atoms with Crippen LogP contribution in [0.5, 0.6) is 0 Å². The van der Waals surface area contributed by atoms with Gasteiger partial charge in [-0.15, -0.1) is 0 Å². The fourth-order valence-electron chi connectivity index (χ4n) is 2.86. The summed E-state index contributed by atoms with van der Waals surface area (Å²) >= 11 is 0. The number of rotatable bonds is 8. The SMILES string of the molecule is N#C/C(=C\c1ccc(-c2ccc([N+](=O)[O-])cc2)o1)C(=O)NCCCc1ccccc1. The van der Waals surface area contributed by atoms with Crippen LogP contribution >= 0.6 is 0 Å². The first-order valence-electron chi connectivity index (χ1n) is 9.35. The molecule has 0 aliphatic rings. The summed E-state index contributed by atoms with van der Waals surface area (Å²) in [6.07, 6.45) is 2.98. The van der Waals surface area contributed by atoms with Crippen molar-refractivity contribution in [1.82, 2.24) is 5.32 Å². The van der Waals surface area contributed by atoms with Crippen molar-refractivity contribution < 1.29 is 14.1 Å². The Bertz CT molecular complexity index is 1090. The fourth-order valence-corrected chi connectivity index (χ4v) is 2.86. The Hall–Kier alpha value is -4.18.